The van der Waals surface area contributed by atoms with Gasteiger partial charge in [-0.2, -0.15) is 0 Å². The normalized spacial score (nSPS) is 15.1. The number of likely N-dealkylation sites (N-methyl/N-ethyl adjacent to an activating group) is 1. The van der Waals surface area contributed by atoms with Gasteiger partial charge in [-0.1, -0.05) is 43.3 Å². The summed E-state index contributed by atoms with van der Waals surface area (Å²) in [6.07, 6.45) is 4.31. The van der Waals surface area contributed by atoms with Gasteiger partial charge in [0.25, 0.3) is 0 Å². The van der Waals surface area contributed by atoms with Crippen molar-refractivity contribution in [1.29, 1.82) is 0 Å². The smallest absolute Gasteiger partial charge is 0.197 e. The molecule has 4 nitrogen and oxygen atoms in total. The number of nitrogens with zero attached hydrogens (tertiary/aromatic N) is 2. The fraction of sp³-hybridized carbons (Fsp3) is 0.308. The summed E-state index contributed by atoms with van der Waals surface area (Å²) in [5, 5.41) is 11.9. The molecule has 3 aromatic rings. The Labute approximate surface area is 182 Å². The third-order valence-corrected chi connectivity index (χ3v) is 5.96. The summed E-state index contributed by atoms with van der Waals surface area (Å²) in [5.74, 6) is 0.512. The number of aliphatic hydroxyl groups is 1. The lowest BCUT2D eigenvalue weighted by Crippen LogP contribution is -2.23. The van der Waals surface area contributed by atoms with Crippen LogP contribution in [0.4, 0.5) is 4.39 Å². The number of benzene rings is 2. The minimum Gasteiger partial charge on any atom is -0.482 e. The van der Waals surface area contributed by atoms with E-state index in [9.17, 15) is 9.50 Å². The molecule has 0 spiro atoms. The van der Waals surface area contributed by atoms with E-state index in [0.717, 1.165) is 46.6 Å². The first-order valence-corrected chi connectivity index (χ1v) is 10.7. The largest absolute Gasteiger partial charge is 0.482 e. The van der Waals surface area contributed by atoms with Crippen molar-refractivity contribution in [2.75, 3.05) is 20.7 Å². The lowest BCUT2D eigenvalue weighted by Gasteiger charge is -2.26. The van der Waals surface area contributed by atoms with Crippen LogP contribution in [-0.4, -0.2) is 35.3 Å². The van der Waals surface area contributed by atoms with Crippen molar-refractivity contribution < 1.29 is 14.2 Å². The maximum atomic E-state index is 14.5. The fourth-order valence-corrected chi connectivity index (χ4v) is 4.47. The standard InChI is InChI=1S/C26H29FN2O2/c1-5-18-12-13-23-21(15-18)24(20-10-8-14-28(3)26(20)31-4)25(17(2)30)29(23)16-19-9-6-7-11-22(19)27/h6-13,15,17,30H,5,14,16H2,1-4H3. The molecule has 162 valence electrons. The van der Waals surface area contributed by atoms with Gasteiger partial charge in [0.1, 0.15) is 5.82 Å². The van der Waals surface area contributed by atoms with Gasteiger partial charge < -0.3 is 19.3 Å². The molecule has 0 bridgehead atoms. The number of rotatable bonds is 6. The molecule has 0 saturated carbocycles. The highest BCUT2D eigenvalue weighted by atomic mass is 19.1. The van der Waals surface area contributed by atoms with Gasteiger partial charge in [-0.25, -0.2) is 4.39 Å². The Hall–Kier alpha value is -3.05. The fourth-order valence-electron chi connectivity index (χ4n) is 4.47. The van der Waals surface area contributed by atoms with Gasteiger partial charge in [0.15, 0.2) is 5.88 Å². The molecule has 1 aliphatic rings. The maximum Gasteiger partial charge on any atom is 0.197 e. The van der Waals surface area contributed by atoms with Gasteiger partial charge in [-0.15, -0.1) is 0 Å². The monoisotopic (exact) mass is 420 g/mol. The molecule has 1 N–H and O–H groups in total. The van der Waals surface area contributed by atoms with Gasteiger partial charge in [0.2, 0.25) is 0 Å². The van der Waals surface area contributed by atoms with Gasteiger partial charge >= 0.3 is 0 Å². The third-order valence-electron chi connectivity index (χ3n) is 5.96. The molecular formula is C26H29FN2O2. The van der Waals surface area contributed by atoms with E-state index in [2.05, 4.69) is 37.3 Å². The van der Waals surface area contributed by atoms with E-state index in [0.29, 0.717) is 12.1 Å². The molecule has 5 heteroatoms. The molecule has 1 aromatic heterocycles. The van der Waals surface area contributed by atoms with E-state index in [1.54, 1.807) is 26.2 Å². The molecule has 0 fully saturated rings. The van der Waals surface area contributed by atoms with E-state index < -0.39 is 6.10 Å². The average Bonchev–Trinajstić information content (AvgIpc) is 3.08. The van der Waals surface area contributed by atoms with E-state index in [1.165, 1.54) is 11.6 Å². The molecule has 1 unspecified atom stereocenters. The number of ether oxygens (including phenoxy) is 1. The molecule has 0 radical (unpaired) electrons. The zero-order valence-electron chi connectivity index (χ0n) is 18.5. The summed E-state index contributed by atoms with van der Waals surface area (Å²) >= 11 is 0. The van der Waals surface area contributed by atoms with Gasteiger partial charge in [-0.3, -0.25) is 0 Å². The summed E-state index contributed by atoms with van der Waals surface area (Å²) in [5.41, 5.74) is 5.40. The number of halogens is 1. The predicted molar refractivity (Wildman–Crippen MR) is 123 cm³/mol. The molecule has 2 heterocycles. The number of methoxy groups -OCH3 is 1. The Morgan fingerprint density at radius 2 is 1.97 bits per heavy atom. The lowest BCUT2D eigenvalue weighted by atomic mass is 9.97. The number of aromatic nitrogens is 1. The van der Waals surface area contributed by atoms with Gasteiger partial charge in [0.05, 0.1) is 25.5 Å². The van der Waals surface area contributed by atoms with Crippen LogP contribution in [0.25, 0.3) is 16.5 Å². The number of allylic oxidation sites excluding steroid dienone is 2. The molecular weight excluding hydrogens is 391 g/mol. The van der Waals surface area contributed by atoms with Crippen molar-refractivity contribution in [3.05, 3.63) is 88.7 Å². The van der Waals surface area contributed by atoms with Crippen LogP contribution in [0.1, 0.15) is 42.3 Å². The second-order valence-corrected chi connectivity index (χ2v) is 8.02. The first kappa shape index (κ1) is 21.2. The first-order valence-electron chi connectivity index (χ1n) is 10.7. The highest BCUT2D eigenvalue weighted by Crippen LogP contribution is 2.39. The SMILES string of the molecule is CCc1ccc2c(c1)c(C1=C(OC)N(C)CC=C1)c(C(C)O)n2Cc1ccccc1F. The van der Waals surface area contributed by atoms with Crippen LogP contribution in [0, 0.1) is 5.82 Å². The van der Waals surface area contributed by atoms with Crippen LogP contribution in [0.3, 0.4) is 0 Å². The molecule has 0 aliphatic carbocycles. The van der Waals surface area contributed by atoms with Crippen LogP contribution in [-0.2, 0) is 17.7 Å². The molecule has 0 amide bonds. The Morgan fingerprint density at radius 3 is 2.65 bits per heavy atom. The first-order chi connectivity index (χ1) is 15.0. The van der Waals surface area contributed by atoms with Crippen molar-refractivity contribution in [3.8, 4) is 0 Å². The number of hydrogen-bond acceptors (Lipinski definition) is 3. The van der Waals surface area contributed by atoms with Crippen molar-refractivity contribution in [2.45, 2.75) is 32.9 Å². The van der Waals surface area contributed by atoms with Gasteiger partial charge in [0, 0.05) is 41.2 Å². The van der Waals surface area contributed by atoms with Crippen LogP contribution in [0.5, 0.6) is 0 Å². The van der Waals surface area contributed by atoms with E-state index in [1.807, 2.05) is 22.6 Å². The molecule has 4 rings (SSSR count). The minimum absolute atomic E-state index is 0.248. The van der Waals surface area contributed by atoms with Crippen molar-refractivity contribution in [2.24, 2.45) is 0 Å². The number of aliphatic hydroxyl groups excluding tert-OH is 1. The molecule has 31 heavy (non-hydrogen) atoms. The summed E-state index contributed by atoms with van der Waals surface area (Å²) in [6, 6.07) is 13.2. The molecule has 0 saturated heterocycles. The van der Waals surface area contributed by atoms with Crippen LogP contribution < -0.4 is 0 Å². The quantitative estimate of drug-likeness (QED) is 0.591. The Balaban J connectivity index is 2.06. The number of hydrogen-bond donors (Lipinski definition) is 1. The summed E-state index contributed by atoms with van der Waals surface area (Å²) in [6.45, 7) is 4.98. The van der Waals surface area contributed by atoms with Gasteiger partial charge in [-0.05, 0) is 37.1 Å². The second kappa shape index (κ2) is 8.60. The third kappa shape index (κ3) is 3.74. The topological polar surface area (TPSA) is 37.6 Å². The number of fused-ring (bicyclic) bond motifs is 1. The van der Waals surface area contributed by atoms with Crippen molar-refractivity contribution in [1.82, 2.24) is 9.47 Å². The second-order valence-electron chi connectivity index (χ2n) is 8.02. The van der Waals surface area contributed by atoms with Crippen molar-refractivity contribution >= 4 is 16.5 Å². The average molecular weight is 421 g/mol. The predicted octanol–water partition coefficient (Wildman–Crippen LogP) is 5.26. The Kier molecular flexibility index (Phi) is 5.88. The van der Waals surface area contributed by atoms with Crippen LogP contribution >= 0.6 is 0 Å². The van der Waals surface area contributed by atoms with Crippen LogP contribution in [0.2, 0.25) is 0 Å². The highest BCUT2D eigenvalue weighted by Gasteiger charge is 2.27. The van der Waals surface area contributed by atoms with E-state index in [4.69, 9.17) is 4.74 Å². The zero-order chi connectivity index (χ0) is 22.1. The molecule has 1 aliphatic heterocycles. The minimum atomic E-state index is -0.745. The zero-order valence-corrected chi connectivity index (χ0v) is 18.5. The maximum absolute atomic E-state index is 14.5. The summed E-state index contributed by atoms with van der Waals surface area (Å²) in [7, 11) is 3.66. The van der Waals surface area contributed by atoms with E-state index in [-0.39, 0.29) is 5.82 Å². The molecule has 1 atom stereocenters. The Bertz CT molecular complexity index is 1170. The summed E-state index contributed by atoms with van der Waals surface area (Å²) < 4.78 is 22.3. The van der Waals surface area contributed by atoms with Crippen molar-refractivity contribution in [3.63, 3.8) is 0 Å². The lowest BCUT2D eigenvalue weighted by molar-refractivity contribution is 0.183. The molecule has 2 aromatic carbocycles. The Morgan fingerprint density at radius 1 is 1.19 bits per heavy atom. The van der Waals surface area contributed by atoms with Crippen LogP contribution in [0.15, 0.2) is 60.5 Å². The number of aryl methyl sites for hydroxylation is 1. The van der Waals surface area contributed by atoms with E-state index >= 15 is 0 Å². The summed E-state index contributed by atoms with van der Waals surface area (Å²) in [4.78, 5) is 2.05. The highest BCUT2D eigenvalue weighted by molar-refractivity contribution is 5.98.